The number of carbonyl (C=O) groups is 1. The number of nitrogens with zero attached hydrogens (tertiary/aromatic N) is 1. The van der Waals surface area contributed by atoms with E-state index in [0.717, 1.165) is 0 Å². The number of nitrogens with one attached hydrogen (secondary N) is 1. The topological polar surface area (TPSA) is 96.3 Å². The minimum atomic E-state index is -3.66. The van der Waals surface area contributed by atoms with E-state index < -0.39 is 16.0 Å². The number of hydrogen-bond acceptors (Lipinski definition) is 5. The molecule has 0 spiro atoms. The molecule has 0 aliphatic carbocycles. The molecule has 1 aromatic carbocycles. The monoisotopic (exact) mass is 268 g/mol. The second-order valence-corrected chi connectivity index (χ2v) is 5.13. The van der Waals surface area contributed by atoms with Crippen molar-refractivity contribution >= 4 is 16.0 Å². The number of carbonyl (C=O) groups excluding carboxylic acids is 1. The Labute approximate surface area is 105 Å². The van der Waals surface area contributed by atoms with Gasteiger partial charge in [0.05, 0.1) is 30.1 Å². The third-order valence-electron chi connectivity index (χ3n) is 2.14. The summed E-state index contributed by atoms with van der Waals surface area (Å²) in [4.78, 5) is 10.9. The van der Waals surface area contributed by atoms with Gasteiger partial charge in [-0.1, -0.05) is 0 Å². The quantitative estimate of drug-likeness (QED) is 0.780. The molecule has 0 saturated heterocycles. The molecule has 0 saturated carbocycles. The lowest BCUT2D eigenvalue weighted by Gasteiger charge is -2.05. The van der Waals surface area contributed by atoms with Gasteiger partial charge in [-0.2, -0.15) is 5.26 Å². The van der Waals surface area contributed by atoms with Crippen LogP contribution in [0.2, 0.25) is 0 Å². The van der Waals surface area contributed by atoms with Gasteiger partial charge in [0.25, 0.3) is 0 Å². The van der Waals surface area contributed by atoms with Gasteiger partial charge < -0.3 is 4.74 Å². The highest BCUT2D eigenvalue weighted by Crippen LogP contribution is 2.09. The summed E-state index contributed by atoms with van der Waals surface area (Å²) in [6.07, 6.45) is -0.0357. The maximum absolute atomic E-state index is 11.8. The van der Waals surface area contributed by atoms with Crippen molar-refractivity contribution in [3.8, 4) is 6.07 Å². The van der Waals surface area contributed by atoms with E-state index in [1.807, 2.05) is 6.07 Å². The van der Waals surface area contributed by atoms with Crippen LogP contribution in [0.25, 0.3) is 0 Å². The molecule has 1 rings (SSSR count). The van der Waals surface area contributed by atoms with Crippen molar-refractivity contribution in [2.75, 3.05) is 13.7 Å². The molecule has 0 amide bonds. The number of sulfonamides is 1. The van der Waals surface area contributed by atoms with E-state index in [4.69, 9.17) is 5.26 Å². The summed E-state index contributed by atoms with van der Waals surface area (Å²) < 4.78 is 30.2. The first-order chi connectivity index (χ1) is 8.49. The molecule has 0 fully saturated rings. The van der Waals surface area contributed by atoms with Gasteiger partial charge in [0.2, 0.25) is 10.0 Å². The van der Waals surface area contributed by atoms with Gasteiger partial charge in [0.15, 0.2) is 0 Å². The van der Waals surface area contributed by atoms with E-state index in [-0.39, 0.29) is 17.9 Å². The number of esters is 1. The molecular weight excluding hydrogens is 256 g/mol. The van der Waals surface area contributed by atoms with Crippen molar-refractivity contribution in [3.63, 3.8) is 0 Å². The summed E-state index contributed by atoms with van der Waals surface area (Å²) in [6.45, 7) is -0.0327. The maximum atomic E-state index is 11.8. The average molecular weight is 268 g/mol. The number of rotatable bonds is 5. The molecule has 0 aliphatic heterocycles. The lowest BCUT2D eigenvalue weighted by Crippen LogP contribution is -2.26. The molecule has 0 radical (unpaired) electrons. The first kappa shape index (κ1) is 14.2. The Bertz CT molecular complexity index is 558. The SMILES string of the molecule is COC(=O)CCNS(=O)(=O)c1ccc(C#N)cc1. The van der Waals surface area contributed by atoms with Crippen LogP contribution in [0, 0.1) is 11.3 Å². The second kappa shape index (κ2) is 6.14. The summed E-state index contributed by atoms with van der Waals surface area (Å²) in [5.41, 5.74) is 0.378. The third-order valence-corrected chi connectivity index (χ3v) is 3.62. The number of nitriles is 1. The van der Waals surface area contributed by atoms with Crippen molar-refractivity contribution in [1.29, 1.82) is 5.26 Å². The summed E-state index contributed by atoms with van der Waals surface area (Å²) >= 11 is 0. The molecule has 0 heterocycles. The summed E-state index contributed by atoms with van der Waals surface area (Å²) in [7, 11) is -2.42. The third kappa shape index (κ3) is 3.84. The van der Waals surface area contributed by atoms with Gasteiger partial charge in [-0.25, -0.2) is 13.1 Å². The molecule has 1 N–H and O–H groups in total. The zero-order valence-electron chi connectivity index (χ0n) is 9.71. The van der Waals surface area contributed by atoms with E-state index >= 15 is 0 Å². The standard InChI is InChI=1S/C11H12N2O4S/c1-17-11(14)6-7-13-18(15,16)10-4-2-9(8-12)3-5-10/h2-5,13H,6-7H2,1H3. The number of hydrogen-bond donors (Lipinski definition) is 1. The lowest BCUT2D eigenvalue weighted by molar-refractivity contribution is -0.140. The van der Waals surface area contributed by atoms with Crippen molar-refractivity contribution < 1.29 is 17.9 Å². The maximum Gasteiger partial charge on any atom is 0.306 e. The Kier molecular flexibility index (Phi) is 4.83. The Morgan fingerprint density at radius 1 is 1.39 bits per heavy atom. The highest BCUT2D eigenvalue weighted by atomic mass is 32.2. The molecule has 7 heteroatoms. The number of methoxy groups -OCH3 is 1. The molecule has 1 aromatic rings. The molecular formula is C11H12N2O4S. The van der Waals surface area contributed by atoms with Gasteiger partial charge in [-0.05, 0) is 24.3 Å². The first-order valence-corrected chi connectivity index (χ1v) is 6.54. The molecule has 6 nitrogen and oxygen atoms in total. The van der Waals surface area contributed by atoms with Crippen LogP contribution < -0.4 is 4.72 Å². The number of ether oxygens (including phenoxy) is 1. The van der Waals surface area contributed by atoms with Crippen molar-refractivity contribution in [1.82, 2.24) is 4.72 Å². The molecule has 96 valence electrons. The van der Waals surface area contributed by atoms with E-state index in [9.17, 15) is 13.2 Å². The van der Waals surface area contributed by atoms with E-state index in [2.05, 4.69) is 9.46 Å². The molecule has 0 aliphatic rings. The van der Waals surface area contributed by atoms with Crippen molar-refractivity contribution in [2.24, 2.45) is 0 Å². The van der Waals surface area contributed by atoms with Crippen LogP contribution >= 0.6 is 0 Å². The van der Waals surface area contributed by atoms with Crippen LogP contribution in [-0.4, -0.2) is 28.0 Å². The Morgan fingerprint density at radius 2 is 2.00 bits per heavy atom. The largest absolute Gasteiger partial charge is 0.469 e. The second-order valence-electron chi connectivity index (χ2n) is 3.36. The van der Waals surface area contributed by atoms with E-state index in [1.165, 1.54) is 31.4 Å². The van der Waals surface area contributed by atoms with Gasteiger partial charge in [0.1, 0.15) is 0 Å². The highest BCUT2D eigenvalue weighted by molar-refractivity contribution is 7.89. The van der Waals surface area contributed by atoms with Crippen LogP contribution in [0.1, 0.15) is 12.0 Å². The van der Waals surface area contributed by atoms with Crippen molar-refractivity contribution in [2.45, 2.75) is 11.3 Å². The Hall–Kier alpha value is -1.91. The van der Waals surface area contributed by atoms with Gasteiger partial charge in [-0.3, -0.25) is 4.79 Å². The van der Waals surface area contributed by atoms with E-state index in [0.29, 0.717) is 5.56 Å². The predicted molar refractivity (Wildman–Crippen MR) is 63.0 cm³/mol. The van der Waals surface area contributed by atoms with Crippen LogP contribution in [0.4, 0.5) is 0 Å². The van der Waals surface area contributed by atoms with Crippen LogP contribution in [0.3, 0.4) is 0 Å². The predicted octanol–water partition coefficient (Wildman–Crippen LogP) is 0.400. The summed E-state index contributed by atoms with van der Waals surface area (Å²) in [6, 6.07) is 7.38. The first-order valence-electron chi connectivity index (χ1n) is 5.06. The fourth-order valence-corrected chi connectivity index (χ4v) is 2.21. The van der Waals surface area contributed by atoms with Gasteiger partial charge >= 0.3 is 5.97 Å². The molecule has 18 heavy (non-hydrogen) atoms. The van der Waals surface area contributed by atoms with Crippen molar-refractivity contribution in [3.05, 3.63) is 29.8 Å². The summed E-state index contributed by atoms with van der Waals surface area (Å²) in [5.74, 6) is -0.488. The fraction of sp³-hybridized carbons (Fsp3) is 0.273. The molecule has 0 unspecified atom stereocenters. The Morgan fingerprint density at radius 3 is 2.50 bits per heavy atom. The number of benzene rings is 1. The summed E-state index contributed by atoms with van der Waals surface area (Å²) in [5, 5.41) is 8.59. The fourth-order valence-electron chi connectivity index (χ4n) is 1.18. The molecule has 0 aromatic heterocycles. The van der Waals surface area contributed by atoms with Crippen LogP contribution in [0.5, 0.6) is 0 Å². The minimum Gasteiger partial charge on any atom is -0.469 e. The van der Waals surface area contributed by atoms with E-state index in [1.54, 1.807) is 0 Å². The van der Waals surface area contributed by atoms with Gasteiger partial charge in [0, 0.05) is 6.54 Å². The van der Waals surface area contributed by atoms with Crippen LogP contribution in [-0.2, 0) is 19.6 Å². The lowest BCUT2D eigenvalue weighted by atomic mass is 10.2. The zero-order valence-corrected chi connectivity index (χ0v) is 10.5. The Balaban J connectivity index is 2.68. The molecule has 0 atom stereocenters. The average Bonchev–Trinajstić information content (AvgIpc) is 2.38. The van der Waals surface area contributed by atoms with Gasteiger partial charge in [-0.15, -0.1) is 0 Å². The smallest absolute Gasteiger partial charge is 0.306 e. The highest BCUT2D eigenvalue weighted by Gasteiger charge is 2.13. The minimum absolute atomic E-state index is 0.0327. The zero-order chi connectivity index (χ0) is 13.6. The normalized spacial score (nSPS) is 10.7. The molecule has 0 bridgehead atoms. The van der Waals surface area contributed by atoms with Crippen LogP contribution in [0.15, 0.2) is 29.2 Å².